The van der Waals surface area contributed by atoms with Gasteiger partial charge < -0.3 is 10.4 Å². The van der Waals surface area contributed by atoms with Crippen LogP contribution in [0.25, 0.3) is 11.1 Å². The lowest BCUT2D eigenvalue weighted by Gasteiger charge is -2.18. The van der Waals surface area contributed by atoms with E-state index >= 15 is 0 Å². The summed E-state index contributed by atoms with van der Waals surface area (Å²) in [5, 5.41) is 16.0. The molecule has 5 nitrogen and oxygen atoms in total. The highest BCUT2D eigenvalue weighted by atomic mass is 32.1. The molecule has 2 aromatic heterocycles. The molecule has 26 heavy (non-hydrogen) atoms. The number of aromatic nitrogens is 2. The van der Waals surface area contributed by atoms with Crippen molar-refractivity contribution >= 4 is 17.2 Å². The number of nitrogens with one attached hydrogen (secondary N) is 1. The summed E-state index contributed by atoms with van der Waals surface area (Å²) in [4.78, 5) is 20.6. The summed E-state index contributed by atoms with van der Waals surface area (Å²) >= 11 is 1.59. The molecule has 2 N–H and O–H groups in total. The van der Waals surface area contributed by atoms with Crippen LogP contribution in [-0.4, -0.2) is 27.5 Å². The number of carbonyl (C=O) groups excluding carboxylic acids is 1. The molecule has 0 aliphatic heterocycles. The Hall–Kier alpha value is -2.57. The molecule has 6 heteroatoms. The second kappa shape index (κ2) is 7.76. The summed E-state index contributed by atoms with van der Waals surface area (Å²) < 4.78 is 0. The predicted molar refractivity (Wildman–Crippen MR) is 103 cm³/mol. The first-order chi connectivity index (χ1) is 12.4. The van der Waals surface area contributed by atoms with Crippen LogP contribution >= 0.6 is 11.3 Å². The fourth-order valence-corrected chi connectivity index (χ4v) is 3.13. The van der Waals surface area contributed by atoms with Gasteiger partial charge in [0.25, 0.3) is 5.91 Å². The van der Waals surface area contributed by atoms with Crippen LogP contribution in [-0.2, 0) is 12.0 Å². The van der Waals surface area contributed by atoms with Gasteiger partial charge >= 0.3 is 0 Å². The topological polar surface area (TPSA) is 75.1 Å². The molecular weight excluding hydrogens is 346 g/mol. The van der Waals surface area contributed by atoms with Gasteiger partial charge in [-0.1, -0.05) is 12.1 Å². The van der Waals surface area contributed by atoms with E-state index < -0.39 is 5.60 Å². The van der Waals surface area contributed by atoms with Gasteiger partial charge in [0.05, 0.1) is 10.6 Å². The Morgan fingerprint density at radius 1 is 1.19 bits per heavy atom. The molecular formula is C20H21N3O2S. The summed E-state index contributed by atoms with van der Waals surface area (Å²) in [6.07, 6.45) is 5.91. The van der Waals surface area contributed by atoms with Gasteiger partial charge in [-0.05, 0) is 37.6 Å². The van der Waals surface area contributed by atoms with E-state index in [-0.39, 0.29) is 5.91 Å². The van der Waals surface area contributed by atoms with Crippen LogP contribution in [0.5, 0.6) is 0 Å². The van der Waals surface area contributed by atoms with Gasteiger partial charge in [0, 0.05) is 53.6 Å². The van der Waals surface area contributed by atoms with Crippen molar-refractivity contribution in [2.45, 2.75) is 25.9 Å². The van der Waals surface area contributed by atoms with Gasteiger partial charge in [-0.3, -0.25) is 9.78 Å². The first-order valence-corrected chi connectivity index (χ1v) is 9.26. The van der Waals surface area contributed by atoms with Crippen molar-refractivity contribution in [3.8, 4) is 11.1 Å². The van der Waals surface area contributed by atoms with Crippen molar-refractivity contribution in [3.63, 3.8) is 0 Å². The van der Waals surface area contributed by atoms with Gasteiger partial charge in [0.15, 0.2) is 0 Å². The van der Waals surface area contributed by atoms with Crippen molar-refractivity contribution in [3.05, 3.63) is 70.4 Å². The molecule has 0 saturated carbocycles. The standard InChI is InChI=1S/C20H21N3O2S/c1-20(2,25)17-11-16(12-21-13-17)14-3-5-15(6-4-14)19(24)23-8-7-18-22-9-10-26-18/h3-6,9-13,25H,7-8H2,1-2H3,(H,23,24). The number of rotatable bonds is 6. The minimum atomic E-state index is -0.944. The number of carbonyl (C=O) groups is 1. The lowest BCUT2D eigenvalue weighted by Crippen LogP contribution is -2.25. The molecule has 0 aliphatic rings. The van der Waals surface area contributed by atoms with Gasteiger partial charge in [-0.2, -0.15) is 0 Å². The van der Waals surface area contributed by atoms with Crippen LogP contribution in [0, 0.1) is 0 Å². The number of pyridine rings is 1. The Morgan fingerprint density at radius 2 is 1.96 bits per heavy atom. The maximum atomic E-state index is 12.2. The first kappa shape index (κ1) is 18.2. The molecule has 0 fully saturated rings. The molecule has 1 aromatic carbocycles. The molecule has 134 valence electrons. The highest BCUT2D eigenvalue weighted by Crippen LogP contribution is 2.25. The lowest BCUT2D eigenvalue weighted by atomic mass is 9.96. The fourth-order valence-electron chi connectivity index (χ4n) is 2.51. The maximum Gasteiger partial charge on any atom is 0.251 e. The molecule has 0 radical (unpaired) electrons. The molecule has 0 bridgehead atoms. The van der Waals surface area contributed by atoms with E-state index in [1.165, 1.54) is 0 Å². The third-order valence-electron chi connectivity index (χ3n) is 4.03. The number of thiazole rings is 1. The monoisotopic (exact) mass is 367 g/mol. The molecule has 0 aliphatic carbocycles. The average Bonchev–Trinajstić information content (AvgIpc) is 3.15. The van der Waals surface area contributed by atoms with E-state index in [2.05, 4.69) is 15.3 Å². The number of nitrogens with zero attached hydrogens (tertiary/aromatic N) is 2. The van der Waals surface area contributed by atoms with Crippen molar-refractivity contribution in [2.75, 3.05) is 6.54 Å². The van der Waals surface area contributed by atoms with Gasteiger partial charge in [0.2, 0.25) is 0 Å². The van der Waals surface area contributed by atoms with Crippen molar-refractivity contribution < 1.29 is 9.90 Å². The van der Waals surface area contributed by atoms with E-state index in [1.54, 1.807) is 55.9 Å². The summed E-state index contributed by atoms with van der Waals surface area (Å²) in [6, 6.07) is 9.29. The van der Waals surface area contributed by atoms with E-state index in [0.717, 1.165) is 28.1 Å². The summed E-state index contributed by atoms with van der Waals surface area (Å²) in [5.74, 6) is -0.100. The average molecular weight is 367 g/mol. The second-order valence-corrected chi connectivity index (χ2v) is 7.51. The SMILES string of the molecule is CC(C)(O)c1cncc(-c2ccc(C(=O)NCCc3nccs3)cc2)c1. The Kier molecular flexibility index (Phi) is 5.44. The molecule has 0 atom stereocenters. The second-order valence-electron chi connectivity index (χ2n) is 6.53. The number of benzene rings is 1. The molecule has 3 rings (SSSR count). The van der Waals surface area contributed by atoms with Crippen molar-refractivity contribution in [1.29, 1.82) is 0 Å². The van der Waals surface area contributed by atoms with Crippen LogP contribution in [0.4, 0.5) is 0 Å². The summed E-state index contributed by atoms with van der Waals surface area (Å²) in [6.45, 7) is 4.02. The third-order valence-corrected chi connectivity index (χ3v) is 4.87. The van der Waals surface area contributed by atoms with Gasteiger partial charge in [-0.25, -0.2) is 4.98 Å². The summed E-state index contributed by atoms with van der Waals surface area (Å²) in [7, 11) is 0. The molecule has 2 heterocycles. The van der Waals surface area contributed by atoms with Crippen LogP contribution in [0.1, 0.15) is 34.8 Å². The molecule has 0 spiro atoms. The smallest absolute Gasteiger partial charge is 0.251 e. The van der Waals surface area contributed by atoms with E-state index in [1.807, 2.05) is 23.6 Å². The van der Waals surface area contributed by atoms with Gasteiger partial charge in [0.1, 0.15) is 0 Å². The fraction of sp³-hybridized carbons (Fsp3) is 0.250. The van der Waals surface area contributed by atoms with E-state index in [0.29, 0.717) is 12.1 Å². The van der Waals surface area contributed by atoms with Gasteiger partial charge in [-0.15, -0.1) is 11.3 Å². The number of amides is 1. The first-order valence-electron chi connectivity index (χ1n) is 8.38. The highest BCUT2D eigenvalue weighted by molar-refractivity contribution is 7.09. The normalized spacial score (nSPS) is 11.3. The quantitative estimate of drug-likeness (QED) is 0.700. The number of hydrogen-bond donors (Lipinski definition) is 2. The maximum absolute atomic E-state index is 12.2. The molecule has 0 saturated heterocycles. The van der Waals surface area contributed by atoms with E-state index in [9.17, 15) is 9.90 Å². The Morgan fingerprint density at radius 3 is 2.62 bits per heavy atom. The Bertz CT molecular complexity index is 869. The Labute approximate surface area is 156 Å². The largest absolute Gasteiger partial charge is 0.386 e. The molecule has 0 unspecified atom stereocenters. The minimum Gasteiger partial charge on any atom is -0.386 e. The van der Waals surface area contributed by atoms with Crippen LogP contribution < -0.4 is 5.32 Å². The zero-order valence-corrected chi connectivity index (χ0v) is 15.6. The third kappa shape index (κ3) is 4.53. The van der Waals surface area contributed by atoms with Crippen LogP contribution in [0.15, 0.2) is 54.3 Å². The molecule has 1 amide bonds. The Balaban J connectivity index is 1.65. The van der Waals surface area contributed by atoms with Crippen LogP contribution in [0.3, 0.4) is 0 Å². The minimum absolute atomic E-state index is 0.100. The van der Waals surface area contributed by atoms with E-state index in [4.69, 9.17) is 0 Å². The lowest BCUT2D eigenvalue weighted by molar-refractivity contribution is 0.0782. The molecule has 3 aromatic rings. The van der Waals surface area contributed by atoms with Crippen molar-refractivity contribution in [2.24, 2.45) is 0 Å². The zero-order valence-electron chi connectivity index (χ0n) is 14.8. The van der Waals surface area contributed by atoms with Crippen molar-refractivity contribution in [1.82, 2.24) is 15.3 Å². The zero-order chi connectivity index (χ0) is 18.6. The predicted octanol–water partition coefficient (Wildman–Crippen LogP) is 3.41. The highest BCUT2D eigenvalue weighted by Gasteiger charge is 2.17. The van der Waals surface area contributed by atoms with Crippen LogP contribution in [0.2, 0.25) is 0 Å². The summed E-state index contributed by atoms with van der Waals surface area (Å²) in [5.41, 5.74) is 2.27. The number of aliphatic hydroxyl groups is 1. The number of hydrogen-bond acceptors (Lipinski definition) is 5.